The van der Waals surface area contributed by atoms with Crippen molar-refractivity contribution < 1.29 is 4.79 Å². The average molecular weight is 278 g/mol. The van der Waals surface area contributed by atoms with Gasteiger partial charge in [0.05, 0.1) is 10.0 Å². The van der Waals surface area contributed by atoms with Gasteiger partial charge in [0.25, 0.3) is 0 Å². The van der Waals surface area contributed by atoms with Crippen molar-refractivity contribution in [2.45, 2.75) is 25.7 Å². The van der Waals surface area contributed by atoms with E-state index < -0.39 is 0 Å². The van der Waals surface area contributed by atoms with Crippen molar-refractivity contribution in [2.75, 3.05) is 0 Å². The maximum absolute atomic E-state index is 12.2. The number of aryl methyl sites for hydroxylation is 1. The lowest BCUT2D eigenvalue weighted by Gasteiger charge is -2.23. The molecule has 3 rings (SSSR count). The lowest BCUT2D eigenvalue weighted by atomic mass is 9.81. The summed E-state index contributed by atoms with van der Waals surface area (Å²) in [4.78, 5) is 16.6. The highest BCUT2D eigenvalue weighted by Gasteiger charge is 2.29. The summed E-state index contributed by atoms with van der Waals surface area (Å²) in [5.74, 6) is 0.368. The Morgan fingerprint density at radius 2 is 2.22 bits per heavy atom. The molecule has 2 heterocycles. The molecule has 1 aliphatic rings. The maximum atomic E-state index is 12.2. The minimum absolute atomic E-state index is 0.179. The Labute approximate surface area is 115 Å². The first-order valence-electron chi connectivity index (χ1n) is 5.87. The van der Waals surface area contributed by atoms with Gasteiger partial charge in [-0.2, -0.15) is 0 Å². The number of fused-ring (bicyclic) bond motifs is 1. The third-order valence-electron chi connectivity index (χ3n) is 3.47. The standard InChI is InChI=1S/C14H12ClNOS/c1-8-2-4-16-11-6-9(7-12(17)13(8)11)10-3-5-18-14(10)15/h2-5,9H,6-7H2,1H3/t9-/m0/s1. The van der Waals surface area contributed by atoms with Gasteiger partial charge in [-0.25, -0.2) is 0 Å². The number of pyridine rings is 1. The number of hydrogen-bond donors (Lipinski definition) is 0. The van der Waals surface area contributed by atoms with Crippen molar-refractivity contribution in [2.24, 2.45) is 0 Å². The van der Waals surface area contributed by atoms with Gasteiger partial charge in [-0.05, 0) is 47.9 Å². The summed E-state index contributed by atoms with van der Waals surface area (Å²) in [5, 5.41) is 1.97. The molecule has 18 heavy (non-hydrogen) atoms. The number of ketones is 1. The Bertz CT molecular complexity index is 620. The minimum atomic E-state index is 0.179. The SMILES string of the molecule is Cc1ccnc2c1C(=O)C[C@@H](c1ccsc1Cl)C2. The van der Waals surface area contributed by atoms with Crippen molar-refractivity contribution in [1.82, 2.24) is 4.98 Å². The first kappa shape index (κ1) is 11.9. The van der Waals surface area contributed by atoms with Gasteiger partial charge in [-0.1, -0.05) is 11.6 Å². The summed E-state index contributed by atoms with van der Waals surface area (Å²) in [7, 11) is 0. The van der Waals surface area contributed by atoms with E-state index in [1.807, 2.05) is 24.4 Å². The van der Waals surface area contributed by atoms with Crippen LogP contribution in [0.15, 0.2) is 23.7 Å². The second kappa shape index (κ2) is 4.48. The topological polar surface area (TPSA) is 30.0 Å². The number of Topliss-reactive ketones (excluding diaryl/α,β-unsaturated/α-hetero) is 1. The van der Waals surface area contributed by atoms with Crippen LogP contribution in [0.3, 0.4) is 0 Å². The molecule has 0 saturated carbocycles. The van der Waals surface area contributed by atoms with E-state index in [0.717, 1.165) is 33.1 Å². The van der Waals surface area contributed by atoms with Crippen LogP contribution in [-0.4, -0.2) is 10.8 Å². The third-order valence-corrected chi connectivity index (χ3v) is 4.67. The summed E-state index contributed by atoms with van der Waals surface area (Å²) in [5.41, 5.74) is 3.85. The van der Waals surface area contributed by atoms with Crippen LogP contribution in [-0.2, 0) is 6.42 Å². The minimum Gasteiger partial charge on any atom is -0.294 e. The van der Waals surface area contributed by atoms with E-state index in [-0.39, 0.29) is 11.7 Å². The molecule has 1 atom stereocenters. The van der Waals surface area contributed by atoms with E-state index in [9.17, 15) is 4.79 Å². The molecular weight excluding hydrogens is 266 g/mol. The number of halogens is 1. The molecular formula is C14H12ClNOS. The largest absolute Gasteiger partial charge is 0.294 e. The van der Waals surface area contributed by atoms with Crippen LogP contribution in [0.2, 0.25) is 4.34 Å². The number of nitrogens with zero attached hydrogens (tertiary/aromatic N) is 1. The fraction of sp³-hybridized carbons (Fsp3) is 0.286. The first-order valence-corrected chi connectivity index (χ1v) is 7.13. The third kappa shape index (κ3) is 1.88. The maximum Gasteiger partial charge on any atom is 0.165 e. The molecule has 2 aromatic heterocycles. The van der Waals surface area contributed by atoms with Gasteiger partial charge in [0, 0.05) is 18.2 Å². The molecule has 4 heteroatoms. The van der Waals surface area contributed by atoms with Gasteiger partial charge in [0.2, 0.25) is 0 Å². The average Bonchev–Trinajstić information content (AvgIpc) is 2.75. The Balaban J connectivity index is 2.02. The quantitative estimate of drug-likeness (QED) is 0.788. The fourth-order valence-corrected chi connectivity index (χ4v) is 3.68. The van der Waals surface area contributed by atoms with Crippen molar-refractivity contribution in [3.8, 4) is 0 Å². The van der Waals surface area contributed by atoms with Crippen LogP contribution < -0.4 is 0 Å². The van der Waals surface area contributed by atoms with E-state index in [2.05, 4.69) is 4.98 Å². The Hall–Kier alpha value is -1.19. The summed E-state index contributed by atoms with van der Waals surface area (Å²) >= 11 is 7.68. The number of carbonyl (C=O) groups is 1. The van der Waals surface area contributed by atoms with Gasteiger partial charge >= 0.3 is 0 Å². The molecule has 92 valence electrons. The van der Waals surface area contributed by atoms with Gasteiger partial charge < -0.3 is 0 Å². The molecule has 0 fully saturated rings. The molecule has 0 N–H and O–H groups in total. The van der Waals surface area contributed by atoms with Crippen molar-refractivity contribution in [3.63, 3.8) is 0 Å². The highest BCUT2D eigenvalue weighted by molar-refractivity contribution is 7.14. The lowest BCUT2D eigenvalue weighted by molar-refractivity contribution is 0.0962. The normalized spacial score (nSPS) is 18.8. The van der Waals surface area contributed by atoms with Crippen LogP contribution in [0.5, 0.6) is 0 Å². The van der Waals surface area contributed by atoms with E-state index in [4.69, 9.17) is 11.6 Å². The molecule has 0 spiro atoms. The van der Waals surface area contributed by atoms with Crippen LogP contribution in [0.1, 0.15) is 39.5 Å². The summed E-state index contributed by atoms with van der Waals surface area (Å²) in [6.07, 6.45) is 3.12. The van der Waals surface area contributed by atoms with Crippen molar-refractivity contribution in [1.29, 1.82) is 0 Å². The zero-order chi connectivity index (χ0) is 12.7. The molecule has 0 amide bonds. The molecule has 1 aliphatic carbocycles. The lowest BCUT2D eigenvalue weighted by Crippen LogP contribution is -2.21. The van der Waals surface area contributed by atoms with Gasteiger partial charge in [-0.3, -0.25) is 9.78 Å². The van der Waals surface area contributed by atoms with Crippen LogP contribution in [0.25, 0.3) is 0 Å². The van der Waals surface area contributed by atoms with Crippen LogP contribution in [0, 0.1) is 6.92 Å². The Morgan fingerprint density at radius 1 is 1.39 bits per heavy atom. The van der Waals surface area contributed by atoms with Gasteiger partial charge in [-0.15, -0.1) is 11.3 Å². The van der Waals surface area contributed by atoms with Crippen molar-refractivity contribution >= 4 is 28.7 Å². The van der Waals surface area contributed by atoms with Crippen molar-refractivity contribution in [3.05, 3.63) is 50.4 Å². The van der Waals surface area contributed by atoms with E-state index in [1.54, 1.807) is 6.20 Å². The van der Waals surface area contributed by atoms with E-state index >= 15 is 0 Å². The number of rotatable bonds is 1. The predicted molar refractivity (Wildman–Crippen MR) is 73.7 cm³/mol. The number of thiophene rings is 1. The smallest absolute Gasteiger partial charge is 0.165 e. The van der Waals surface area contributed by atoms with Crippen LogP contribution >= 0.6 is 22.9 Å². The molecule has 0 aliphatic heterocycles. The van der Waals surface area contributed by atoms with E-state index in [0.29, 0.717) is 6.42 Å². The molecule has 2 aromatic rings. The van der Waals surface area contributed by atoms with Crippen LogP contribution in [0.4, 0.5) is 0 Å². The molecule has 0 bridgehead atoms. The Kier molecular flexibility index (Phi) is 2.96. The highest BCUT2D eigenvalue weighted by atomic mass is 35.5. The molecule has 0 unspecified atom stereocenters. The molecule has 0 radical (unpaired) electrons. The summed E-state index contributed by atoms with van der Waals surface area (Å²) < 4.78 is 0.795. The van der Waals surface area contributed by atoms with Gasteiger partial charge in [0.15, 0.2) is 5.78 Å². The summed E-state index contributed by atoms with van der Waals surface area (Å²) in [6.45, 7) is 1.97. The zero-order valence-electron chi connectivity index (χ0n) is 9.94. The fourth-order valence-electron chi connectivity index (χ4n) is 2.60. The second-order valence-electron chi connectivity index (χ2n) is 4.63. The second-order valence-corrected chi connectivity index (χ2v) is 6.15. The molecule has 2 nitrogen and oxygen atoms in total. The number of hydrogen-bond acceptors (Lipinski definition) is 3. The first-order chi connectivity index (χ1) is 8.66. The van der Waals surface area contributed by atoms with E-state index in [1.165, 1.54) is 11.3 Å². The predicted octanol–water partition coefficient (Wildman–Crippen LogP) is 4.02. The molecule has 0 saturated heterocycles. The Morgan fingerprint density at radius 3 is 2.94 bits per heavy atom. The monoisotopic (exact) mass is 277 g/mol. The molecule has 0 aromatic carbocycles. The van der Waals surface area contributed by atoms with Gasteiger partial charge in [0.1, 0.15) is 0 Å². The zero-order valence-corrected chi connectivity index (χ0v) is 11.5. The number of aromatic nitrogens is 1. The summed E-state index contributed by atoms with van der Waals surface area (Å²) in [6, 6.07) is 3.92. The highest BCUT2D eigenvalue weighted by Crippen LogP contribution is 2.38. The number of carbonyl (C=O) groups excluding carboxylic acids is 1.